The highest BCUT2D eigenvalue weighted by atomic mass is 79.9. The van der Waals surface area contributed by atoms with Crippen molar-refractivity contribution in [1.29, 1.82) is 0 Å². The maximum Gasteiger partial charge on any atom is 0.252 e. The van der Waals surface area contributed by atoms with E-state index in [0.717, 1.165) is 21.2 Å². The second kappa shape index (κ2) is 5.62. The lowest BCUT2D eigenvalue weighted by Gasteiger charge is -2.18. The summed E-state index contributed by atoms with van der Waals surface area (Å²) in [5.74, 6) is -0.178. The van der Waals surface area contributed by atoms with E-state index in [0.29, 0.717) is 12.0 Å². The number of hydrogen-bond donors (Lipinski definition) is 2. The monoisotopic (exact) mass is 345 g/mol. The molecule has 2 aromatic carbocycles. The van der Waals surface area contributed by atoms with Crippen molar-refractivity contribution >= 4 is 21.8 Å². The van der Waals surface area contributed by atoms with Crippen LogP contribution in [0, 0.1) is 6.92 Å². The number of fused-ring (bicyclic) bond motifs is 1. The maximum atomic E-state index is 12.4. The van der Waals surface area contributed by atoms with Crippen LogP contribution in [-0.4, -0.2) is 17.1 Å². The van der Waals surface area contributed by atoms with Gasteiger partial charge in [0.25, 0.3) is 5.91 Å². The van der Waals surface area contributed by atoms with Gasteiger partial charge < -0.3 is 10.4 Å². The molecule has 0 bridgehead atoms. The minimum Gasteiger partial charge on any atom is -0.390 e. The van der Waals surface area contributed by atoms with Crippen molar-refractivity contribution < 1.29 is 9.90 Å². The predicted octanol–water partition coefficient (Wildman–Crippen LogP) is 3.15. The average Bonchev–Trinajstić information content (AvgIpc) is 2.75. The van der Waals surface area contributed by atoms with Crippen molar-refractivity contribution in [3.63, 3.8) is 0 Å². The van der Waals surface area contributed by atoms with Crippen LogP contribution in [0.3, 0.4) is 0 Å². The molecule has 0 fully saturated rings. The van der Waals surface area contributed by atoms with Gasteiger partial charge in [0.1, 0.15) is 0 Å². The fourth-order valence-electron chi connectivity index (χ4n) is 2.77. The van der Waals surface area contributed by atoms with Gasteiger partial charge in [-0.1, -0.05) is 30.3 Å². The Labute approximate surface area is 132 Å². The standard InChI is InChI=1S/C17H16BrNO2/c1-10-6-7-13(14(18)8-10)17(21)19-16-12-5-3-2-4-11(12)9-15(16)20/h2-8,15-16,20H,9H2,1H3,(H,19,21)/t15-,16+/m1/s1. The van der Waals surface area contributed by atoms with E-state index in [-0.39, 0.29) is 11.9 Å². The Balaban J connectivity index is 1.85. The van der Waals surface area contributed by atoms with E-state index in [4.69, 9.17) is 0 Å². The molecule has 0 heterocycles. The molecule has 3 nitrogen and oxygen atoms in total. The highest BCUT2D eigenvalue weighted by Crippen LogP contribution is 2.31. The summed E-state index contributed by atoms with van der Waals surface area (Å²) < 4.78 is 0.765. The summed E-state index contributed by atoms with van der Waals surface area (Å²) in [5, 5.41) is 13.1. The molecule has 4 heteroatoms. The van der Waals surface area contributed by atoms with E-state index < -0.39 is 6.10 Å². The second-order valence-electron chi connectivity index (χ2n) is 5.40. The summed E-state index contributed by atoms with van der Waals surface area (Å²) in [5.41, 5.74) is 3.77. The largest absolute Gasteiger partial charge is 0.390 e. The Morgan fingerprint density at radius 1 is 1.29 bits per heavy atom. The van der Waals surface area contributed by atoms with Gasteiger partial charge in [0.2, 0.25) is 0 Å². The van der Waals surface area contributed by atoms with Gasteiger partial charge in [0.15, 0.2) is 0 Å². The molecule has 2 N–H and O–H groups in total. The number of nitrogens with one attached hydrogen (secondary N) is 1. The summed E-state index contributed by atoms with van der Waals surface area (Å²) in [6.45, 7) is 1.98. The molecule has 0 unspecified atom stereocenters. The van der Waals surface area contributed by atoms with Crippen LogP contribution in [0.4, 0.5) is 0 Å². The highest BCUT2D eigenvalue weighted by Gasteiger charge is 2.32. The van der Waals surface area contributed by atoms with Gasteiger partial charge in [-0.3, -0.25) is 4.79 Å². The summed E-state index contributed by atoms with van der Waals surface area (Å²) in [6, 6.07) is 13.1. The van der Waals surface area contributed by atoms with Crippen molar-refractivity contribution in [2.45, 2.75) is 25.5 Å². The zero-order valence-corrected chi connectivity index (χ0v) is 13.2. The SMILES string of the molecule is Cc1ccc(C(=O)N[C@H]2c3ccccc3C[C@H]2O)c(Br)c1. The van der Waals surface area contributed by atoms with Crippen LogP contribution >= 0.6 is 15.9 Å². The Kier molecular flexibility index (Phi) is 3.83. The van der Waals surface area contributed by atoms with Gasteiger partial charge in [-0.15, -0.1) is 0 Å². The Morgan fingerprint density at radius 3 is 2.81 bits per heavy atom. The van der Waals surface area contributed by atoms with Crippen molar-refractivity contribution in [2.24, 2.45) is 0 Å². The first kappa shape index (κ1) is 14.3. The van der Waals surface area contributed by atoms with Crippen LogP contribution in [0.1, 0.15) is 33.1 Å². The number of benzene rings is 2. The quantitative estimate of drug-likeness (QED) is 0.878. The summed E-state index contributed by atoms with van der Waals surface area (Å²) in [6.07, 6.45) is 0.00601. The number of rotatable bonds is 2. The molecule has 108 valence electrons. The topological polar surface area (TPSA) is 49.3 Å². The molecular weight excluding hydrogens is 330 g/mol. The van der Waals surface area contributed by atoms with Gasteiger partial charge in [-0.25, -0.2) is 0 Å². The lowest BCUT2D eigenvalue weighted by Crippen LogP contribution is -2.34. The molecule has 0 aliphatic heterocycles. The first-order valence-corrected chi connectivity index (χ1v) is 7.68. The minimum atomic E-state index is -0.574. The molecule has 0 radical (unpaired) electrons. The number of aliphatic hydroxyl groups excluding tert-OH is 1. The molecule has 1 amide bonds. The third kappa shape index (κ3) is 2.74. The zero-order chi connectivity index (χ0) is 15.0. The van der Waals surface area contributed by atoms with Crippen LogP contribution in [0.15, 0.2) is 46.9 Å². The third-order valence-corrected chi connectivity index (χ3v) is 4.52. The van der Waals surface area contributed by atoms with Gasteiger partial charge in [-0.2, -0.15) is 0 Å². The van der Waals surface area contributed by atoms with E-state index in [1.165, 1.54) is 0 Å². The summed E-state index contributed by atoms with van der Waals surface area (Å²) in [4.78, 5) is 12.4. The van der Waals surface area contributed by atoms with E-state index in [2.05, 4.69) is 21.2 Å². The zero-order valence-electron chi connectivity index (χ0n) is 11.6. The van der Waals surface area contributed by atoms with Crippen molar-refractivity contribution in [1.82, 2.24) is 5.32 Å². The molecule has 0 saturated heterocycles. The molecule has 21 heavy (non-hydrogen) atoms. The first-order chi connectivity index (χ1) is 10.1. The maximum absolute atomic E-state index is 12.4. The average molecular weight is 346 g/mol. The van der Waals surface area contributed by atoms with Crippen LogP contribution in [-0.2, 0) is 6.42 Å². The van der Waals surface area contributed by atoms with Crippen molar-refractivity contribution in [3.8, 4) is 0 Å². The molecule has 2 aromatic rings. The number of aliphatic hydroxyl groups is 1. The summed E-state index contributed by atoms with van der Waals surface area (Å²) in [7, 11) is 0. The molecule has 2 atom stereocenters. The van der Waals surface area contributed by atoms with Gasteiger partial charge in [0.05, 0.1) is 17.7 Å². The number of carbonyl (C=O) groups excluding carboxylic acids is 1. The first-order valence-electron chi connectivity index (χ1n) is 6.89. The number of carbonyl (C=O) groups is 1. The molecule has 0 saturated carbocycles. The van der Waals surface area contributed by atoms with E-state index >= 15 is 0 Å². The van der Waals surface area contributed by atoms with Gasteiger partial charge in [-0.05, 0) is 51.7 Å². The fourth-order valence-corrected chi connectivity index (χ4v) is 3.44. The highest BCUT2D eigenvalue weighted by molar-refractivity contribution is 9.10. The van der Waals surface area contributed by atoms with E-state index in [1.54, 1.807) is 6.07 Å². The Bertz CT molecular complexity index is 699. The van der Waals surface area contributed by atoms with Gasteiger partial charge in [0, 0.05) is 10.9 Å². The molecule has 1 aliphatic carbocycles. The predicted molar refractivity (Wildman–Crippen MR) is 85.2 cm³/mol. The van der Waals surface area contributed by atoms with Crippen LogP contribution in [0.5, 0.6) is 0 Å². The number of halogens is 1. The molecule has 3 rings (SSSR count). The number of amides is 1. The number of aryl methyl sites for hydroxylation is 1. The smallest absolute Gasteiger partial charge is 0.252 e. The molecule has 0 spiro atoms. The van der Waals surface area contributed by atoms with Crippen LogP contribution in [0.2, 0.25) is 0 Å². The molecule has 0 aromatic heterocycles. The second-order valence-corrected chi connectivity index (χ2v) is 6.26. The fraction of sp³-hybridized carbons (Fsp3) is 0.235. The summed E-state index contributed by atoms with van der Waals surface area (Å²) >= 11 is 3.42. The van der Waals surface area contributed by atoms with Gasteiger partial charge >= 0.3 is 0 Å². The lowest BCUT2D eigenvalue weighted by molar-refractivity contribution is 0.0857. The minimum absolute atomic E-state index is 0.178. The number of hydrogen-bond acceptors (Lipinski definition) is 2. The Morgan fingerprint density at radius 2 is 2.05 bits per heavy atom. The lowest BCUT2D eigenvalue weighted by atomic mass is 10.1. The Hall–Kier alpha value is -1.65. The van der Waals surface area contributed by atoms with Crippen molar-refractivity contribution in [2.75, 3.05) is 0 Å². The van der Waals surface area contributed by atoms with Crippen LogP contribution < -0.4 is 5.32 Å². The molecular formula is C17H16BrNO2. The molecule has 1 aliphatic rings. The van der Waals surface area contributed by atoms with Crippen molar-refractivity contribution in [3.05, 3.63) is 69.2 Å². The van der Waals surface area contributed by atoms with Crippen LogP contribution in [0.25, 0.3) is 0 Å². The van der Waals surface area contributed by atoms with E-state index in [1.807, 2.05) is 43.3 Å². The third-order valence-electron chi connectivity index (χ3n) is 3.86. The van der Waals surface area contributed by atoms with E-state index in [9.17, 15) is 9.90 Å². The normalized spacial score (nSPS) is 20.1.